The van der Waals surface area contributed by atoms with Crippen LogP contribution in [-0.4, -0.2) is 29.9 Å². The molecule has 0 saturated heterocycles. The second-order valence-electron chi connectivity index (χ2n) is 9.48. The molecule has 0 aromatic heterocycles. The van der Waals surface area contributed by atoms with Crippen LogP contribution in [0.3, 0.4) is 0 Å². The third kappa shape index (κ3) is 4.02. The number of nitrogens with one attached hydrogen (secondary N) is 2. The summed E-state index contributed by atoms with van der Waals surface area (Å²) in [5.41, 5.74) is 0.169. The Labute approximate surface area is 171 Å². The van der Waals surface area contributed by atoms with Gasteiger partial charge in [0.05, 0.1) is 11.5 Å². The van der Waals surface area contributed by atoms with E-state index in [4.69, 9.17) is 4.74 Å². The van der Waals surface area contributed by atoms with Gasteiger partial charge < -0.3 is 15.4 Å². The fourth-order valence-corrected chi connectivity index (χ4v) is 6.41. The fraction of sp³-hybridized carbons (Fsp3) is 0.609. The molecule has 0 heterocycles. The average Bonchev–Trinajstić information content (AvgIpc) is 2.64. The van der Waals surface area contributed by atoms with E-state index in [1.165, 1.54) is 0 Å². The maximum Gasteiger partial charge on any atom is 0.312 e. The number of carbonyl (C=O) groups excluding carboxylic acids is 3. The zero-order valence-electron chi connectivity index (χ0n) is 17.2. The Bertz CT molecular complexity index is 792. The Balaban J connectivity index is 1.37. The maximum absolute atomic E-state index is 13.1. The minimum atomic E-state index is -0.558. The van der Waals surface area contributed by atoms with Gasteiger partial charge in [-0.1, -0.05) is 30.3 Å². The Morgan fingerprint density at radius 1 is 1.10 bits per heavy atom. The van der Waals surface area contributed by atoms with E-state index in [0.717, 1.165) is 37.7 Å². The summed E-state index contributed by atoms with van der Waals surface area (Å²) in [6.07, 6.45) is 5.29. The highest BCUT2D eigenvalue weighted by molar-refractivity contribution is 5.83. The molecule has 4 bridgehead atoms. The molecule has 2 amide bonds. The molecule has 1 aromatic carbocycles. The molecule has 4 saturated carbocycles. The van der Waals surface area contributed by atoms with E-state index in [1.54, 1.807) is 6.92 Å². The van der Waals surface area contributed by atoms with E-state index >= 15 is 0 Å². The minimum absolute atomic E-state index is 0.0373. The lowest BCUT2D eigenvalue weighted by molar-refractivity contribution is -0.177. The highest BCUT2D eigenvalue weighted by atomic mass is 16.5. The van der Waals surface area contributed by atoms with Gasteiger partial charge in [0.25, 0.3) is 5.91 Å². The van der Waals surface area contributed by atoms with Gasteiger partial charge >= 0.3 is 5.97 Å². The number of benzene rings is 1. The van der Waals surface area contributed by atoms with Crippen LogP contribution >= 0.6 is 0 Å². The van der Waals surface area contributed by atoms with Gasteiger partial charge in [-0.25, -0.2) is 0 Å². The van der Waals surface area contributed by atoms with Crippen molar-refractivity contribution in [3.8, 4) is 0 Å². The van der Waals surface area contributed by atoms with Crippen LogP contribution in [0.5, 0.6) is 0 Å². The molecule has 156 valence electrons. The number of hydrogen-bond acceptors (Lipinski definition) is 4. The summed E-state index contributed by atoms with van der Waals surface area (Å²) in [6.45, 7) is 3.19. The first-order valence-corrected chi connectivity index (χ1v) is 10.6. The monoisotopic (exact) mass is 398 g/mol. The van der Waals surface area contributed by atoms with Crippen molar-refractivity contribution >= 4 is 17.8 Å². The van der Waals surface area contributed by atoms with E-state index in [0.29, 0.717) is 18.3 Å². The van der Waals surface area contributed by atoms with Gasteiger partial charge in [0.15, 0.2) is 6.61 Å². The van der Waals surface area contributed by atoms with Crippen LogP contribution < -0.4 is 10.6 Å². The number of carbonyl (C=O) groups is 3. The summed E-state index contributed by atoms with van der Waals surface area (Å²) in [5, 5.41) is 6.04. The van der Waals surface area contributed by atoms with Crippen LogP contribution in [0.25, 0.3) is 0 Å². The van der Waals surface area contributed by atoms with Crippen molar-refractivity contribution in [1.29, 1.82) is 0 Å². The van der Waals surface area contributed by atoms with E-state index in [-0.39, 0.29) is 36.0 Å². The number of rotatable bonds is 6. The molecule has 3 unspecified atom stereocenters. The summed E-state index contributed by atoms with van der Waals surface area (Å²) in [7, 11) is 0. The lowest BCUT2D eigenvalue weighted by Gasteiger charge is -2.60. The lowest BCUT2D eigenvalue weighted by atomic mass is 9.47. The third-order valence-electron chi connectivity index (χ3n) is 6.95. The maximum atomic E-state index is 13.1. The Morgan fingerprint density at radius 2 is 1.76 bits per heavy atom. The van der Waals surface area contributed by atoms with Gasteiger partial charge in [0.1, 0.15) is 0 Å². The molecule has 29 heavy (non-hydrogen) atoms. The lowest BCUT2D eigenvalue weighted by Crippen LogP contribution is -2.64. The number of esters is 1. The highest BCUT2D eigenvalue weighted by Gasteiger charge is 2.61. The quantitative estimate of drug-likeness (QED) is 0.722. The van der Waals surface area contributed by atoms with Gasteiger partial charge in [-0.2, -0.15) is 0 Å². The van der Waals surface area contributed by atoms with E-state index in [1.807, 2.05) is 37.3 Å². The molecule has 4 aliphatic rings. The SMILES string of the molecule is CC(=O)NC12CC3CC(C1)CC(C(=O)OCC(=O)NC(C)c1ccccc1)(C3)C2. The molecular formula is C23H30N2O4. The van der Waals surface area contributed by atoms with Crippen molar-refractivity contribution in [2.75, 3.05) is 6.61 Å². The largest absolute Gasteiger partial charge is 0.455 e. The van der Waals surface area contributed by atoms with E-state index in [9.17, 15) is 14.4 Å². The van der Waals surface area contributed by atoms with E-state index in [2.05, 4.69) is 10.6 Å². The van der Waals surface area contributed by atoms with Crippen molar-refractivity contribution < 1.29 is 19.1 Å². The van der Waals surface area contributed by atoms with Crippen molar-refractivity contribution in [3.05, 3.63) is 35.9 Å². The molecule has 0 aliphatic heterocycles. The third-order valence-corrected chi connectivity index (χ3v) is 6.95. The highest BCUT2D eigenvalue weighted by Crippen LogP contribution is 2.62. The van der Waals surface area contributed by atoms with Crippen molar-refractivity contribution in [2.24, 2.45) is 17.3 Å². The molecular weight excluding hydrogens is 368 g/mol. The van der Waals surface area contributed by atoms with Gasteiger partial charge in [-0.15, -0.1) is 0 Å². The van der Waals surface area contributed by atoms with Crippen LogP contribution in [0.4, 0.5) is 0 Å². The minimum Gasteiger partial charge on any atom is -0.455 e. The zero-order valence-corrected chi connectivity index (χ0v) is 17.2. The molecule has 6 heteroatoms. The van der Waals surface area contributed by atoms with Crippen LogP contribution in [0.15, 0.2) is 30.3 Å². The molecule has 5 rings (SSSR count). The normalized spacial score (nSPS) is 33.0. The molecule has 3 atom stereocenters. The molecule has 1 aromatic rings. The topological polar surface area (TPSA) is 84.5 Å². The summed E-state index contributed by atoms with van der Waals surface area (Å²) in [5.74, 6) is 0.287. The van der Waals surface area contributed by atoms with Crippen LogP contribution in [0.1, 0.15) is 64.0 Å². The number of ether oxygens (including phenoxy) is 1. The molecule has 2 N–H and O–H groups in total. The van der Waals surface area contributed by atoms with Gasteiger partial charge in [0, 0.05) is 12.5 Å². The second kappa shape index (κ2) is 7.47. The Kier molecular flexibility index (Phi) is 5.13. The first-order valence-electron chi connectivity index (χ1n) is 10.6. The molecule has 0 radical (unpaired) electrons. The molecule has 4 fully saturated rings. The predicted octanol–water partition coefficient (Wildman–Crippen LogP) is 2.88. The van der Waals surface area contributed by atoms with Crippen LogP contribution in [-0.2, 0) is 19.1 Å². The Hall–Kier alpha value is -2.37. The smallest absolute Gasteiger partial charge is 0.312 e. The molecule has 6 nitrogen and oxygen atoms in total. The van der Waals surface area contributed by atoms with Gasteiger partial charge in [-0.05, 0) is 62.8 Å². The first kappa shape index (κ1) is 19.9. The summed E-state index contributed by atoms with van der Waals surface area (Å²) in [6, 6.07) is 9.54. The van der Waals surface area contributed by atoms with Crippen molar-refractivity contribution in [2.45, 2.75) is 64.0 Å². The molecule has 4 aliphatic carbocycles. The van der Waals surface area contributed by atoms with Crippen LogP contribution in [0, 0.1) is 17.3 Å². The number of amides is 2. The second-order valence-corrected chi connectivity index (χ2v) is 9.48. The molecule has 0 spiro atoms. The standard InChI is InChI=1S/C23H30N2O4/c1-15(19-6-4-3-5-7-19)24-20(27)13-29-21(28)22-9-17-8-18(10-22)12-23(11-17,14-22)25-16(2)26/h3-7,15,17-18H,8-14H2,1-2H3,(H,24,27)(H,25,26). The summed E-state index contributed by atoms with van der Waals surface area (Å²) >= 11 is 0. The number of hydrogen-bond donors (Lipinski definition) is 2. The summed E-state index contributed by atoms with van der Waals surface area (Å²) in [4.78, 5) is 37.1. The first-order chi connectivity index (χ1) is 13.8. The zero-order chi connectivity index (χ0) is 20.6. The Morgan fingerprint density at radius 3 is 2.38 bits per heavy atom. The predicted molar refractivity (Wildman–Crippen MR) is 108 cm³/mol. The average molecular weight is 399 g/mol. The fourth-order valence-electron chi connectivity index (χ4n) is 6.41. The van der Waals surface area contributed by atoms with Crippen molar-refractivity contribution in [1.82, 2.24) is 10.6 Å². The van der Waals surface area contributed by atoms with Gasteiger partial charge in [-0.3, -0.25) is 14.4 Å². The van der Waals surface area contributed by atoms with Gasteiger partial charge in [0.2, 0.25) is 5.91 Å². The summed E-state index contributed by atoms with van der Waals surface area (Å²) < 4.78 is 5.51. The van der Waals surface area contributed by atoms with E-state index < -0.39 is 5.41 Å². The van der Waals surface area contributed by atoms with Crippen molar-refractivity contribution in [3.63, 3.8) is 0 Å². The van der Waals surface area contributed by atoms with Crippen LogP contribution in [0.2, 0.25) is 0 Å².